The van der Waals surface area contributed by atoms with Crippen molar-refractivity contribution in [2.24, 2.45) is 0 Å². The molecular weight excluding hydrogens is 318 g/mol. The summed E-state index contributed by atoms with van der Waals surface area (Å²) in [5.74, 6) is 0.813. The standard InChI is InChI=1S/C15H20BrN3O/c1-4-10(9-20)18-15-13-7-11(19(2)3)5-6-12(13)14(16)8-17-15/h5-8,10,20H,4,9H2,1-3H3,(H,17,18). The van der Waals surface area contributed by atoms with Crippen LogP contribution in [0.1, 0.15) is 13.3 Å². The van der Waals surface area contributed by atoms with Gasteiger partial charge in [-0.2, -0.15) is 0 Å². The maximum Gasteiger partial charge on any atom is 0.134 e. The van der Waals surface area contributed by atoms with Gasteiger partial charge >= 0.3 is 0 Å². The van der Waals surface area contributed by atoms with Gasteiger partial charge < -0.3 is 15.3 Å². The molecule has 0 saturated carbocycles. The van der Waals surface area contributed by atoms with Crippen LogP contribution in [0.15, 0.2) is 28.9 Å². The number of hydrogen-bond acceptors (Lipinski definition) is 4. The van der Waals surface area contributed by atoms with E-state index in [2.05, 4.69) is 49.3 Å². The fraction of sp³-hybridized carbons (Fsp3) is 0.400. The predicted octanol–water partition coefficient (Wildman–Crippen LogP) is 3.25. The van der Waals surface area contributed by atoms with Crippen molar-refractivity contribution < 1.29 is 5.11 Å². The number of pyridine rings is 1. The Bertz CT molecular complexity index is 597. The Labute approximate surface area is 127 Å². The van der Waals surface area contributed by atoms with E-state index in [-0.39, 0.29) is 12.6 Å². The zero-order valence-electron chi connectivity index (χ0n) is 12.0. The van der Waals surface area contributed by atoms with E-state index in [0.29, 0.717) is 0 Å². The molecule has 0 amide bonds. The Kier molecular flexibility index (Phi) is 4.83. The summed E-state index contributed by atoms with van der Waals surface area (Å²) >= 11 is 3.54. The quantitative estimate of drug-likeness (QED) is 0.879. The first kappa shape index (κ1) is 15.1. The summed E-state index contributed by atoms with van der Waals surface area (Å²) in [6, 6.07) is 6.30. The van der Waals surface area contributed by atoms with Gasteiger partial charge in [-0.15, -0.1) is 0 Å². The molecule has 2 aromatic rings. The summed E-state index contributed by atoms with van der Waals surface area (Å²) in [6.45, 7) is 2.14. The van der Waals surface area contributed by atoms with Crippen molar-refractivity contribution in [3.8, 4) is 0 Å². The number of fused-ring (bicyclic) bond motifs is 1. The molecule has 0 saturated heterocycles. The molecule has 4 nitrogen and oxygen atoms in total. The van der Waals surface area contributed by atoms with Gasteiger partial charge in [0.1, 0.15) is 5.82 Å². The van der Waals surface area contributed by atoms with Crippen molar-refractivity contribution in [2.45, 2.75) is 19.4 Å². The number of nitrogens with one attached hydrogen (secondary N) is 1. The summed E-state index contributed by atoms with van der Waals surface area (Å²) in [4.78, 5) is 6.52. The van der Waals surface area contributed by atoms with E-state index in [1.54, 1.807) is 6.20 Å². The third-order valence-corrected chi connectivity index (χ3v) is 4.02. The lowest BCUT2D eigenvalue weighted by Gasteiger charge is -2.18. The van der Waals surface area contributed by atoms with Crippen molar-refractivity contribution in [1.82, 2.24) is 4.98 Å². The van der Waals surface area contributed by atoms with E-state index in [9.17, 15) is 5.11 Å². The van der Waals surface area contributed by atoms with Crippen LogP contribution < -0.4 is 10.2 Å². The summed E-state index contributed by atoms with van der Waals surface area (Å²) in [5, 5.41) is 14.8. The summed E-state index contributed by atoms with van der Waals surface area (Å²) in [5.41, 5.74) is 1.12. The van der Waals surface area contributed by atoms with Crippen molar-refractivity contribution in [1.29, 1.82) is 0 Å². The molecular formula is C15H20BrN3O. The number of nitrogens with zero attached hydrogens (tertiary/aromatic N) is 2. The Balaban J connectivity index is 2.53. The molecule has 0 fully saturated rings. The van der Waals surface area contributed by atoms with Crippen molar-refractivity contribution in [3.05, 3.63) is 28.9 Å². The van der Waals surface area contributed by atoms with Gasteiger partial charge in [0.25, 0.3) is 0 Å². The fourth-order valence-electron chi connectivity index (χ4n) is 2.06. The topological polar surface area (TPSA) is 48.4 Å². The molecule has 5 heteroatoms. The van der Waals surface area contributed by atoms with Crippen LogP contribution in [0, 0.1) is 0 Å². The molecule has 2 N–H and O–H groups in total. The first-order chi connectivity index (χ1) is 9.56. The lowest BCUT2D eigenvalue weighted by Crippen LogP contribution is -2.23. The van der Waals surface area contributed by atoms with Gasteiger partial charge in [0.2, 0.25) is 0 Å². The molecule has 0 aliphatic carbocycles. The number of halogens is 1. The number of aliphatic hydroxyl groups excluding tert-OH is 1. The van der Waals surface area contributed by atoms with E-state index in [0.717, 1.165) is 33.2 Å². The van der Waals surface area contributed by atoms with E-state index in [4.69, 9.17) is 0 Å². The van der Waals surface area contributed by atoms with Crippen molar-refractivity contribution in [3.63, 3.8) is 0 Å². The van der Waals surface area contributed by atoms with E-state index in [1.807, 2.05) is 21.0 Å². The van der Waals surface area contributed by atoms with Crippen LogP contribution in [0.25, 0.3) is 10.8 Å². The van der Waals surface area contributed by atoms with Gasteiger partial charge in [0, 0.05) is 41.2 Å². The van der Waals surface area contributed by atoms with Gasteiger partial charge in [-0.05, 0) is 34.5 Å². The Hall–Kier alpha value is -1.33. The first-order valence-corrected chi connectivity index (χ1v) is 7.49. The number of rotatable bonds is 5. The summed E-state index contributed by atoms with van der Waals surface area (Å²) < 4.78 is 0.973. The zero-order valence-corrected chi connectivity index (χ0v) is 13.6. The molecule has 20 heavy (non-hydrogen) atoms. The molecule has 0 aliphatic heterocycles. The Morgan fingerprint density at radius 1 is 1.35 bits per heavy atom. The van der Waals surface area contributed by atoms with Crippen LogP contribution in [-0.4, -0.2) is 36.8 Å². The number of aliphatic hydroxyl groups is 1. The number of benzene rings is 1. The lowest BCUT2D eigenvalue weighted by atomic mass is 10.1. The maximum absolute atomic E-state index is 9.35. The fourth-order valence-corrected chi connectivity index (χ4v) is 2.51. The molecule has 0 spiro atoms. The number of anilines is 2. The zero-order chi connectivity index (χ0) is 14.7. The molecule has 1 aromatic heterocycles. The van der Waals surface area contributed by atoms with E-state index < -0.39 is 0 Å². The molecule has 1 aromatic carbocycles. The molecule has 1 heterocycles. The minimum absolute atomic E-state index is 0.0230. The first-order valence-electron chi connectivity index (χ1n) is 6.69. The second-order valence-corrected chi connectivity index (χ2v) is 5.87. The molecule has 2 rings (SSSR count). The van der Waals surface area contributed by atoms with Gasteiger partial charge in [-0.1, -0.05) is 13.0 Å². The Morgan fingerprint density at radius 3 is 2.70 bits per heavy atom. The minimum Gasteiger partial charge on any atom is -0.394 e. The molecule has 0 bridgehead atoms. The molecule has 0 radical (unpaired) electrons. The van der Waals surface area contributed by atoms with Crippen LogP contribution in [0.4, 0.5) is 11.5 Å². The van der Waals surface area contributed by atoms with Gasteiger partial charge in [0.05, 0.1) is 12.6 Å². The minimum atomic E-state index is 0.0230. The van der Waals surface area contributed by atoms with Crippen molar-refractivity contribution >= 4 is 38.2 Å². The number of aromatic nitrogens is 1. The summed E-state index contributed by atoms with van der Waals surface area (Å²) in [7, 11) is 4.03. The van der Waals surface area contributed by atoms with Gasteiger partial charge in [0.15, 0.2) is 0 Å². The number of hydrogen-bond donors (Lipinski definition) is 2. The third kappa shape index (κ3) is 3.04. The molecule has 1 unspecified atom stereocenters. The smallest absolute Gasteiger partial charge is 0.134 e. The Morgan fingerprint density at radius 2 is 2.10 bits per heavy atom. The second-order valence-electron chi connectivity index (χ2n) is 5.01. The van der Waals surface area contributed by atoms with Crippen molar-refractivity contribution in [2.75, 3.05) is 30.9 Å². The molecule has 108 valence electrons. The normalized spacial score (nSPS) is 12.4. The SMILES string of the molecule is CCC(CO)Nc1ncc(Br)c2ccc(N(C)C)cc12. The molecule has 1 atom stereocenters. The highest BCUT2D eigenvalue weighted by molar-refractivity contribution is 9.10. The average molecular weight is 338 g/mol. The van der Waals surface area contributed by atoms with Crippen LogP contribution in [-0.2, 0) is 0 Å². The van der Waals surface area contributed by atoms with Crippen LogP contribution in [0.5, 0.6) is 0 Å². The highest BCUT2D eigenvalue weighted by atomic mass is 79.9. The maximum atomic E-state index is 9.35. The van der Waals surface area contributed by atoms with E-state index >= 15 is 0 Å². The second kappa shape index (κ2) is 6.41. The third-order valence-electron chi connectivity index (χ3n) is 3.39. The van der Waals surface area contributed by atoms with Gasteiger partial charge in [-0.3, -0.25) is 0 Å². The van der Waals surface area contributed by atoms with Crippen LogP contribution in [0.3, 0.4) is 0 Å². The predicted molar refractivity (Wildman–Crippen MR) is 88.6 cm³/mol. The highest BCUT2D eigenvalue weighted by Crippen LogP contribution is 2.31. The largest absolute Gasteiger partial charge is 0.394 e. The van der Waals surface area contributed by atoms with Crippen LogP contribution in [0.2, 0.25) is 0 Å². The van der Waals surface area contributed by atoms with E-state index in [1.165, 1.54) is 0 Å². The highest BCUT2D eigenvalue weighted by Gasteiger charge is 2.11. The lowest BCUT2D eigenvalue weighted by molar-refractivity contribution is 0.271. The van der Waals surface area contributed by atoms with Crippen LogP contribution >= 0.6 is 15.9 Å². The molecule has 0 aliphatic rings. The van der Waals surface area contributed by atoms with Gasteiger partial charge in [-0.25, -0.2) is 4.98 Å². The summed E-state index contributed by atoms with van der Waals surface area (Å²) in [6.07, 6.45) is 2.65. The average Bonchev–Trinajstić information content (AvgIpc) is 2.46. The monoisotopic (exact) mass is 337 g/mol.